The largest absolute Gasteiger partial charge is 0.436 e. The fourth-order valence-electron chi connectivity index (χ4n) is 1.82. The molecule has 0 fully saturated rings. The zero-order valence-corrected chi connectivity index (χ0v) is 10.8. The molecular formula is C15H11ClN2O. The number of rotatable bonds is 2. The van der Waals surface area contributed by atoms with Gasteiger partial charge in [-0.05, 0) is 18.2 Å². The number of hydrogen-bond acceptors (Lipinski definition) is 3. The minimum absolute atomic E-state index is 0.513. The summed E-state index contributed by atoms with van der Waals surface area (Å²) in [5.41, 5.74) is 8.09. The van der Waals surface area contributed by atoms with Crippen LogP contribution in [0.3, 0.4) is 0 Å². The lowest BCUT2D eigenvalue weighted by atomic mass is 10.2. The van der Waals surface area contributed by atoms with E-state index in [-0.39, 0.29) is 0 Å². The van der Waals surface area contributed by atoms with Crippen LogP contribution >= 0.6 is 11.6 Å². The van der Waals surface area contributed by atoms with E-state index in [1.807, 2.05) is 36.4 Å². The Morgan fingerprint density at radius 1 is 1.00 bits per heavy atom. The maximum Gasteiger partial charge on any atom is 0.226 e. The van der Waals surface area contributed by atoms with Gasteiger partial charge in [-0.15, -0.1) is 0 Å². The monoisotopic (exact) mass is 270 g/mol. The highest BCUT2D eigenvalue weighted by atomic mass is 35.5. The summed E-state index contributed by atoms with van der Waals surface area (Å²) in [6.45, 7) is 0. The lowest BCUT2D eigenvalue weighted by Crippen LogP contribution is -1.87. The van der Waals surface area contributed by atoms with E-state index in [0.29, 0.717) is 16.6 Å². The molecule has 0 saturated carbocycles. The summed E-state index contributed by atoms with van der Waals surface area (Å²) < 4.78 is 5.74. The van der Waals surface area contributed by atoms with E-state index < -0.39 is 0 Å². The van der Waals surface area contributed by atoms with Crippen LogP contribution in [-0.2, 0) is 0 Å². The van der Waals surface area contributed by atoms with Crippen molar-refractivity contribution in [3.05, 3.63) is 59.8 Å². The Labute approximate surface area is 115 Å². The van der Waals surface area contributed by atoms with Crippen molar-refractivity contribution in [1.29, 1.82) is 0 Å². The van der Waals surface area contributed by atoms with E-state index in [0.717, 1.165) is 16.9 Å². The van der Waals surface area contributed by atoms with Crippen molar-refractivity contribution in [2.75, 3.05) is 5.73 Å². The Morgan fingerprint density at radius 3 is 2.53 bits per heavy atom. The SMILES string of the molecule is Nc1cc(-c2ncc(-c3ccccc3)o2)ccc1Cl. The molecule has 1 heterocycles. The standard InChI is InChI=1S/C15H11ClN2O/c16-12-7-6-11(8-13(12)17)15-18-9-14(19-15)10-4-2-1-3-5-10/h1-9H,17H2. The maximum atomic E-state index is 5.89. The number of halogens is 1. The van der Waals surface area contributed by atoms with Crippen LogP contribution in [0.15, 0.2) is 59.1 Å². The molecule has 0 radical (unpaired) electrons. The molecule has 0 bridgehead atoms. The number of oxazole rings is 1. The zero-order chi connectivity index (χ0) is 13.2. The number of anilines is 1. The summed E-state index contributed by atoms with van der Waals surface area (Å²) in [5.74, 6) is 1.26. The lowest BCUT2D eigenvalue weighted by molar-refractivity contribution is 0.589. The summed E-state index contributed by atoms with van der Waals surface area (Å²) in [4.78, 5) is 4.27. The molecule has 2 aromatic carbocycles. The predicted molar refractivity (Wildman–Crippen MR) is 76.8 cm³/mol. The van der Waals surface area contributed by atoms with Gasteiger partial charge in [-0.3, -0.25) is 0 Å². The van der Waals surface area contributed by atoms with Crippen LogP contribution in [0.2, 0.25) is 5.02 Å². The third kappa shape index (κ3) is 2.33. The fraction of sp³-hybridized carbons (Fsp3) is 0. The topological polar surface area (TPSA) is 52.0 Å². The summed E-state index contributed by atoms with van der Waals surface area (Å²) in [7, 11) is 0. The Bertz CT molecular complexity index is 707. The second kappa shape index (κ2) is 4.78. The number of nitrogens with zero attached hydrogens (tertiary/aromatic N) is 1. The van der Waals surface area contributed by atoms with Crippen LogP contribution in [-0.4, -0.2) is 4.98 Å². The van der Waals surface area contributed by atoms with Gasteiger partial charge in [-0.2, -0.15) is 0 Å². The fourth-order valence-corrected chi connectivity index (χ4v) is 1.94. The van der Waals surface area contributed by atoms with E-state index in [9.17, 15) is 0 Å². The first kappa shape index (κ1) is 11.8. The van der Waals surface area contributed by atoms with Gasteiger partial charge < -0.3 is 10.2 Å². The summed E-state index contributed by atoms with van der Waals surface area (Å²) >= 11 is 5.89. The molecule has 0 amide bonds. The number of aromatic nitrogens is 1. The first-order chi connectivity index (χ1) is 9.24. The van der Waals surface area contributed by atoms with Crippen molar-refractivity contribution in [2.24, 2.45) is 0 Å². The highest BCUT2D eigenvalue weighted by Gasteiger charge is 2.09. The zero-order valence-electron chi connectivity index (χ0n) is 10.0. The van der Waals surface area contributed by atoms with Crippen molar-refractivity contribution in [2.45, 2.75) is 0 Å². The molecule has 0 spiro atoms. The van der Waals surface area contributed by atoms with Crippen LogP contribution in [0, 0.1) is 0 Å². The lowest BCUT2D eigenvalue weighted by Gasteiger charge is -2.00. The highest BCUT2D eigenvalue weighted by molar-refractivity contribution is 6.33. The van der Waals surface area contributed by atoms with E-state index >= 15 is 0 Å². The highest BCUT2D eigenvalue weighted by Crippen LogP contribution is 2.29. The summed E-state index contributed by atoms with van der Waals surface area (Å²) in [6, 6.07) is 15.1. The maximum absolute atomic E-state index is 5.89. The number of nitrogen functional groups attached to an aromatic ring is 1. The van der Waals surface area contributed by atoms with E-state index in [1.54, 1.807) is 18.3 Å². The Hall–Kier alpha value is -2.26. The minimum atomic E-state index is 0.513. The van der Waals surface area contributed by atoms with Gasteiger partial charge in [0.2, 0.25) is 5.89 Å². The molecule has 19 heavy (non-hydrogen) atoms. The number of benzene rings is 2. The predicted octanol–water partition coefficient (Wildman–Crippen LogP) is 4.24. The average molecular weight is 271 g/mol. The van der Waals surface area contributed by atoms with Crippen molar-refractivity contribution in [3.8, 4) is 22.8 Å². The van der Waals surface area contributed by atoms with Gasteiger partial charge in [0.05, 0.1) is 16.9 Å². The number of hydrogen-bond donors (Lipinski definition) is 1. The molecule has 3 nitrogen and oxygen atoms in total. The summed E-state index contributed by atoms with van der Waals surface area (Å²) in [6.07, 6.45) is 1.70. The van der Waals surface area contributed by atoms with Gasteiger partial charge in [0.15, 0.2) is 5.76 Å². The Kier molecular flexibility index (Phi) is 2.97. The van der Waals surface area contributed by atoms with Gasteiger partial charge in [-0.25, -0.2) is 4.98 Å². The Morgan fingerprint density at radius 2 is 1.79 bits per heavy atom. The van der Waals surface area contributed by atoms with Crippen LogP contribution in [0.5, 0.6) is 0 Å². The van der Waals surface area contributed by atoms with Crippen molar-refractivity contribution < 1.29 is 4.42 Å². The molecule has 0 aliphatic carbocycles. The smallest absolute Gasteiger partial charge is 0.226 e. The Balaban J connectivity index is 1.99. The van der Waals surface area contributed by atoms with Gasteiger partial charge in [0, 0.05) is 11.1 Å². The van der Waals surface area contributed by atoms with Gasteiger partial charge in [0.25, 0.3) is 0 Å². The molecule has 3 rings (SSSR count). The number of nitrogens with two attached hydrogens (primary N) is 1. The van der Waals surface area contributed by atoms with E-state index in [4.69, 9.17) is 21.8 Å². The molecule has 94 valence electrons. The van der Waals surface area contributed by atoms with Crippen LogP contribution in [0.1, 0.15) is 0 Å². The first-order valence-electron chi connectivity index (χ1n) is 5.81. The first-order valence-corrected chi connectivity index (χ1v) is 6.18. The molecule has 1 aromatic heterocycles. The van der Waals surface area contributed by atoms with Crippen molar-refractivity contribution in [3.63, 3.8) is 0 Å². The molecule has 0 aliphatic heterocycles. The normalized spacial score (nSPS) is 10.6. The van der Waals surface area contributed by atoms with Crippen molar-refractivity contribution in [1.82, 2.24) is 4.98 Å². The minimum Gasteiger partial charge on any atom is -0.436 e. The van der Waals surface area contributed by atoms with Gasteiger partial charge in [0.1, 0.15) is 0 Å². The molecule has 4 heteroatoms. The van der Waals surface area contributed by atoms with Crippen LogP contribution < -0.4 is 5.73 Å². The van der Waals surface area contributed by atoms with Crippen LogP contribution in [0.25, 0.3) is 22.8 Å². The van der Waals surface area contributed by atoms with Crippen LogP contribution in [0.4, 0.5) is 5.69 Å². The quantitative estimate of drug-likeness (QED) is 0.709. The molecule has 3 aromatic rings. The van der Waals surface area contributed by atoms with E-state index in [1.165, 1.54) is 0 Å². The summed E-state index contributed by atoms with van der Waals surface area (Å²) in [5, 5.41) is 0.526. The second-order valence-electron chi connectivity index (χ2n) is 4.13. The molecule has 0 aliphatic rings. The molecule has 0 saturated heterocycles. The van der Waals surface area contributed by atoms with Gasteiger partial charge >= 0.3 is 0 Å². The average Bonchev–Trinajstić information content (AvgIpc) is 2.93. The molecule has 2 N–H and O–H groups in total. The molecule has 0 atom stereocenters. The third-order valence-corrected chi connectivity index (χ3v) is 3.15. The molecular weight excluding hydrogens is 260 g/mol. The van der Waals surface area contributed by atoms with Gasteiger partial charge in [-0.1, -0.05) is 41.9 Å². The molecule has 0 unspecified atom stereocenters. The van der Waals surface area contributed by atoms with Crippen molar-refractivity contribution >= 4 is 17.3 Å². The van der Waals surface area contributed by atoms with E-state index in [2.05, 4.69) is 4.98 Å². The second-order valence-corrected chi connectivity index (χ2v) is 4.54. The third-order valence-electron chi connectivity index (χ3n) is 2.81.